The number of benzene rings is 1. The Bertz CT molecular complexity index is 675. The Morgan fingerprint density at radius 1 is 1.10 bits per heavy atom. The summed E-state index contributed by atoms with van der Waals surface area (Å²) < 4.78 is 53.4. The lowest BCUT2D eigenvalue weighted by molar-refractivity contribution is -0.274. The molecular formula is C14H8F4N2O. The second-order valence-electron chi connectivity index (χ2n) is 4.05. The lowest BCUT2D eigenvalue weighted by Crippen LogP contribution is -2.16. The van der Waals surface area contributed by atoms with Crippen molar-refractivity contribution in [2.75, 3.05) is 0 Å². The van der Waals surface area contributed by atoms with Crippen LogP contribution in [-0.4, -0.2) is 11.3 Å². The van der Waals surface area contributed by atoms with Crippen molar-refractivity contribution in [1.82, 2.24) is 4.98 Å². The third-order valence-corrected chi connectivity index (χ3v) is 2.58. The summed E-state index contributed by atoms with van der Waals surface area (Å²) in [5.74, 6) is -1.14. The number of aromatic nitrogens is 1. The average Bonchev–Trinajstić information content (AvgIpc) is 2.40. The largest absolute Gasteiger partial charge is 0.573 e. The fourth-order valence-corrected chi connectivity index (χ4v) is 1.67. The van der Waals surface area contributed by atoms with Crippen LogP contribution in [0.5, 0.6) is 5.75 Å². The highest BCUT2D eigenvalue weighted by Crippen LogP contribution is 2.26. The smallest absolute Gasteiger partial charge is 0.406 e. The van der Waals surface area contributed by atoms with Gasteiger partial charge in [-0.15, -0.1) is 13.2 Å². The molecule has 0 aliphatic heterocycles. The fraction of sp³-hybridized carbons (Fsp3) is 0.143. The molecule has 0 spiro atoms. The van der Waals surface area contributed by atoms with Gasteiger partial charge >= 0.3 is 6.36 Å². The number of hydrogen-bond donors (Lipinski definition) is 0. The van der Waals surface area contributed by atoms with E-state index in [-0.39, 0.29) is 23.4 Å². The van der Waals surface area contributed by atoms with Crippen molar-refractivity contribution in [3.63, 3.8) is 0 Å². The van der Waals surface area contributed by atoms with Crippen LogP contribution in [0.25, 0.3) is 11.3 Å². The number of nitriles is 1. The number of nitrogens with zero attached hydrogens (tertiary/aromatic N) is 2. The second-order valence-corrected chi connectivity index (χ2v) is 4.05. The molecule has 1 heterocycles. The third kappa shape index (κ3) is 3.92. The number of ether oxygens (including phenoxy) is 1. The zero-order valence-electron chi connectivity index (χ0n) is 10.5. The van der Waals surface area contributed by atoms with Gasteiger partial charge in [-0.2, -0.15) is 9.65 Å². The maximum absolute atomic E-state index is 13.6. The summed E-state index contributed by atoms with van der Waals surface area (Å²) in [6.07, 6.45) is -4.86. The van der Waals surface area contributed by atoms with Crippen LogP contribution < -0.4 is 4.74 Å². The molecule has 0 aliphatic carbocycles. The molecule has 0 atom stereocenters. The topological polar surface area (TPSA) is 45.9 Å². The first kappa shape index (κ1) is 14.8. The molecule has 1 aromatic heterocycles. The lowest BCUT2D eigenvalue weighted by atomic mass is 10.1. The Hall–Kier alpha value is -2.62. The molecule has 1 aromatic carbocycles. The minimum atomic E-state index is -4.76. The fourth-order valence-electron chi connectivity index (χ4n) is 1.67. The first-order valence-corrected chi connectivity index (χ1v) is 5.77. The summed E-state index contributed by atoms with van der Waals surface area (Å²) in [7, 11) is 0. The molecule has 0 saturated carbocycles. The van der Waals surface area contributed by atoms with E-state index in [4.69, 9.17) is 5.26 Å². The van der Waals surface area contributed by atoms with Crippen molar-refractivity contribution >= 4 is 0 Å². The zero-order valence-corrected chi connectivity index (χ0v) is 10.5. The van der Waals surface area contributed by atoms with E-state index in [0.29, 0.717) is 5.56 Å². The molecule has 3 nitrogen and oxygen atoms in total. The summed E-state index contributed by atoms with van der Waals surface area (Å²) in [5.41, 5.74) is 0.859. The summed E-state index contributed by atoms with van der Waals surface area (Å²) >= 11 is 0. The Morgan fingerprint density at radius 2 is 1.76 bits per heavy atom. The Balaban J connectivity index is 2.23. The van der Waals surface area contributed by atoms with Gasteiger partial charge in [-0.25, -0.2) is 4.98 Å². The molecule has 0 aliphatic rings. The van der Waals surface area contributed by atoms with Crippen molar-refractivity contribution in [2.24, 2.45) is 0 Å². The van der Waals surface area contributed by atoms with Gasteiger partial charge < -0.3 is 4.74 Å². The van der Waals surface area contributed by atoms with Gasteiger partial charge in [-0.3, -0.25) is 0 Å². The monoisotopic (exact) mass is 296 g/mol. The van der Waals surface area contributed by atoms with E-state index in [9.17, 15) is 17.6 Å². The maximum atomic E-state index is 13.6. The zero-order chi connectivity index (χ0) is 15.5. The molecule has 0 unspecified atom stereocenters. The summed E-state index contributed by atoms with van der Waals surface area (Å²) in [5, 5.41) is 8.50. The molecule has 21 heavy (non-hydrogen) atoms. The van der Waals surface area contributed by atoms with Crippen LogP contribution in [0.1, 0.15) is 5.56 Å². The normalized spacial score (nSPS) is 11.0. The van der Waals surface area contributed by atoms with E-state index in [1.54, 1.807) is 0 Å². The van der Waals surface area contributed by atoms with Gasteiger partial charge in [0, 0.05) is 11.1 Å². The van der Waals surface area contributed by atoms with Crippen LogP contribution in [0, 0.1) is 17.3 Å². The van der Waals surface area contributed by atoms with Crippen molar-refractivity contribution in [2.45, 2.75) is 12.8 Å². The molecule has 0 amide bonds. The van der Waals surface area contributed by atoms with Gasteiger partial charge in [0.05, 0.1) is 18.2 Å². The molecule has 0 bridgehead atoms. The van der Waals surface area contributed by atoms with Gasteiger partial charge in [0.15, 0.2) is 0 Å². The van der Waals surface area contributed by atoms with Crippen LogP contribution in [-0.2, 0) is 6.42 Å². The molecule has 108 valence electrons. The van der Waals surface area contributed by atoms with Crippen LogP contribution in [0.2, 0.25) is 0 Å². The van der Waals surface area contributed by atoms with E-state index in [0.717, 1.165) is 12.1 Å². The minimum Gasteiger partial charge on any atom is -0.406 e. The molecule has 0 N–H and O–H groups in total. The van der Waals surface area contributed by atoms with Crippen molar-refractivity contribution in [1.29, 1.82) is 5.26 Å². The second kappa shape index (κ2) is 5.79. The molecular weight excluding hydrogens is 288 g/mol. The summed E-state index contributed by atoms with van der Waals surface area (Å²) in [4.78, 5) is 3.69. The van der Waals surface area contributed by atoms with E-state index in [2.05, 4.69) is 9.72 Å². The van der Waals surface area contributed by atoms with Crippen molar-refractivity contribution < 1.29 is 22.3 Å². The molecule has 2 rings (SSSR count). The highest BCUT2D eigenvalue weighted by atomic mass is 19.4. The van der Waals surface area contributed by atoms with Crippen LogP contribution in [0.3, 0.4) is 0 Å². The van der Waals surface area contributed by atoms with Gasteiger partial charge in [-0.05, 0) is 30.3 Å². The minimum absolute atomic E-state index is 0.0997. The van der Waals surface area contributed by atoms with Crippen LogP contribution in [0.15, 0.2) is 36.4 Å². The Morgan fingerprint density at radius 3 is 2.29 bits per heavy atom. The predicted octanol–water partition coefficient (Wildman–Crippen LogP) is 3.85. The summed E-state index contributed by atoms with van der Waals surface area (Å²) in [6, 6.07) is 9.64. The number of rotatable bonds is 3. The third-order valence-electron chi connectivity index (χ3n) is 2.58. The lowest BCUT2D eigenvalue weighted by Gasteiger charge is -2.09. The molecule has 2 aromatic rings. The highest BCUT2D eigenvalue weighted by Gasteiger charge is 2.30. The molecule has 0 saturated heterocycles. The maximum Gasteiger partial charge on any atom is 0.573 e. The number of halogens is 4. The van der Waals surface area contributed by atoms with Gasteiger partial charge in [0.25, 0.3) is 0 Å². The van der Waals surface area contributed by atoms with E-state index >= 15 is 0 Å². The van der Waals surface area contributed by atoms with Gasteiger partial charge in [-0.1, -0.05) is 6.07 Å². The Kier molecular flexibility index (Phi) is 4.08. The number of pyridine rings is 1. The summed E-state index contributed by atoms with van der Waals surface area (Å²) in [6.45, 7) is 0. The first-order valence-electron chi connectivity index (χ1n) is 5.77. The SMILES string of the molecule is N#CCc1ccc(-c2ccc(OC(F)(F)F)cc2)nc1F. The van der Waals surface area contributed by atoms with Gasteiger partial charge in [0.2, 0.25) is 5.95 Å². The molecule has 0 radical (unpaired) electrons. The van der Waals surface area contributed by atoms with Crippen LogP contribution >= 0.6 is 0 Å². The standard InChI is InChI=1S/C14H8F4N2O/c15-13-10(7-8-19)3-6-12(20-13)9-1-4-11(5-2-9)21-14(16,17)18/h1-6H,7H2. The van der Waals surface area contributed by atoms with E-state index in [1.165, 1.54) is 24.3 Å². The molecule has 0 fully saturated rings. The Labute approximate surface area is 117 Å². The number of alkyl halides is 3. The highest BCUT2D eigenvalue weighted by molar-refractivity contribution is 5.60. The average molecular weight is 296 g/mol. The number of hydrogen-bond acceptors (Lipinski definition) is 3. The first-order chi connectivity index (χ1) is 9.89. The van der Waals surface area contributed by atoms with E-state index in [1.807, 2.05) is 6.07 Å². The predicted molar refractivity (Wildman–Crippen MR) is 65.6 cm³/mol. The van der Waals surface area contributed by atoms with Crippen molar-refractivity contribution in [3.05, 3.63) is 47.9 Å². The van der Waals surface area contributed by atoms with Gasteiger partial charge in [0.1, 0.15) is 5.75 Å². The van der Waals surface area contributed by atoms with Crippen molar-refractivity contribution in [3.8, 4) is 23.1 Å². The quantitative estimate of drug-likeness (QED) is 0.638. The molecule has 7 heteroatoms. The van der Waals surface area contributed by atoms with E-state index < -0.39 is 12.3 Å². The van der Waals surface area contributed by atoms with Crippen LogP contribution in [0.4, 0.5) is 17.6 Å².